The van der Waals surface area contributed by atoms with E-state index in [1.54, 1.807) is 6.20 Å². The van der Waals surface area contributed by atoms with Crippen LogP contribution in [-0.4, -0.2) is 35.4 Å². The minimum atomic E-state index is -2.94. The zero-order valence-corrected chi connectivity index (χ0v) is 8.16. The molecule has 0 saturated heterocycles. The Morgan fingerprint density at radius 2 is 2.31 bits per heavy atom. The van der Waals surface area contributed by atoms with Crippen molar-refractivity contribution in [3.8, 4) is 0 Å². The summed E-state index contributed by atoms with van der Waals surface area (Å²) in [6, 6.07) is 0. The van der Waals surface area contributed by atoms with Gasteiger partial charge >= 0.3 is 0 Å². The van der Waals surface area contributed by atoms with Gasteiger partial charge in [0, 0.05) is 19.0 Å². The van der Waals surface area contributed by atoms with Crippen molar-refractivity contribution in [2.45, 2.75) is 13.1 Å². The Balaban J connectivity index is 2.55. The minimum Gasteiger partial charge on any atom is -0.325 e. The third-order valence-corrected chi connectivity index (χ3v) is 2.41. The molecule has 0 bridgehead atoms. The number of nitrogens with zero attached hydrogens (tertiary/aromatic N) is 3. The first kappa shape index (κ1) is 10.1. The molecule has 1 rings (SSSR count). The lowest BCUT2D eigenvalue weighted by Crippen LogP contribution is -2.11. The Hall–Kier alpha value is -0.950. The third-order valence-electron chi connectivity index (χ3n) is 1.49. The van der Waals surface area contributed by atoms with Crippen molar-refractivity contribution in [1.82, 2.24) is 15.0 Å². The Kier molecular flexibility index (Phi) is 2.99. The van der Waals surface area contributed by atoms with Gasteiger partial charge in [-0.15, -0.1) is 5.10 Å². The van der Waals surface area contributed by atoms with E-state index in [2.05, 4.69) is 10.3 Å². The molecule has 0 unspecified atom stereocenters. The van der Waals surface area contributed by atoms with Crippen molar-refractivity contribution in [2.24, 2.45) is 5.73 Å². The monoisotopic (exact) mass is 204 g/mol. The molecule has 0 radical (unpaired) electrons. The molecule has 0 aliphatic rings. The Bertz CT molecular complexity index is 370. The van der Waals surface area contributed by atoms with Crippen LogP contribution >= 0.6 is 0 Å². The van der Waals surface area contributed by atoms with E-state index in [4.69, 9.17) is 5.73 Å². The van der Waals surface area contributed by atoms with E-state index in [-0.39, 0.29) is 5.75 Å². The molecule has 0 aliphatic carbocycles. The van der Waals surface area contributed by atoms with Gasteiger partial charge in [-0.2, -0.15) is 0 Å². The van der Waals surface area contributed by atoms with Gasteiger partial charge in [-0.1, -0.05) is 5.21 Å². The van der Waals surface area contributed by atoms with Gasteiger partial charge in [0.25, 0.3) is 0 Å². The minimum absolute atomic E-state index is 0.0698. The zero-order chi connectivity index (χ0) is 9.90. The molecule has 1 aromatic heterocycles. The second-order valence-electron chi connectivity index (χ2n) is 2.81. The van der Waals surface area contributed by atoms with Gasteiger partial charge < -0.3 is 5.73 Å². The summed E-state index contributed by atoms with van der Waals surface area (Å²) < 4.78 is 23.1. The molecule has 0 atom stereocenters. The summed E-state index contributed by atoms with van der Waals surface area (Å²) in [5, 5.41) is 7.44. The standard InChI is InChI=1S/C6H12N4O2S/c1-13(11,12)3-2-10-5-6(4-7)8-9-10/h5H,2-4,7H2,1H3. The molecule has 7 heteroatoms. The number of sulfone groups is 1. The smallest absolute Gasteiger partial charge is 0.149 e. The molecular weight excluding hydrogens is 192 g/mol. The van der Waals surface area contributed by atoms with Crippen LogP contribution in [-0.2, 0) is 22.9 Å². The first-order valence-electron chi connectivity index (χ1n) is 3.78. The van der Waals surface area contributed by atoms with Crippen LogP contribution in [0.4, 0.5) is 0 Å². The molecule has 0 fully saturated rings. The van der Waals surface area contributed by atoms with E-state index >= 15 is 0 Å². The molecule has 1 heterocycles. The molecule has 2 N–H and O–H groups in total. The zero-order valence-electron chi connectivity index (χ0n) is 7.34. The van der Waals surface area contributed by atoms with Crippen molar-refractivity contribution in [3.63, 3.8) is 0 Å². The SMILES string of the molecule is CS(=O)(=O)CCn1cc(CN)nn1. The fourth-order valence-corrected chi connectivity index (χ4v) is 1.32. The highest BCUT2D eigenvalue weighted by Crippen LogP contribution is 1.92. The average Bonchev–Trinajstić information content (AvgIpc) is 2.47. The van der Waals surface area contributed by atoms with Crippen LogP contribution in [0.2, 0.25) is 0 Å². The Morgan fingerprint density at radius 3 is 2.77 bits per heavy atom. The summed E-state index contributed by atoms with van der Waals surface area (Å²) in [6.07, 6.45) is 2.83. The van der Waals surface area contributed by atoms with Crippen molar-refractivity contribution < 1.29 is 8.42 Å². The van der Waals surface area contributed by atoms with Crippen molar-refractivity contribution in [1.29, 1.82) is 0 Å². The highest BCUT2D eigenvalue weighted by Gasteiger charge is 2.04. The molecule has 1 aromatic rings. The van der Waals surface area contributed by atoms with E-state index in [0.29, 0.717) is 18.8 Å². The second kappa shape index (κ2) is 3.84. The van der Waals surface area contributed by atoms with Gasteiger partial charge in [-0.05, 0) is 0 Å². The fourth-order valence-electron chi connectivity index (χ4n) is 0.801. The predicted octanol–water partition coefficient (Wildman–Crippen LogP) is -1.22. The summed E-state index contributed by atoms with van der Waals surface area (Å²) in [6.45, 7) is 0.644. The number of nitrogens with two attached hydrogens (primary N) is 1. The van der Waals surface area contributed by atoms with Crippen LogP contribution in [0.5, 0.6) is 0 Å². The maximum Gasteiger partial charge on any atom is 0.149 e. The van der Waals surface area contributed by atoms with Gasteiger partial charge in [-0.3, -0.25) is 4.68 Å². The molecule has 13 heavy (non-hydrogen) atoms. The Morgan fingerprint density at radius 1 is 1.62 bits per heavy atom. The normalized spacial score (nSPS) is 11.8. The highest BCUT2D eigenvalue weighted by atomic mass is 32.2. The lowest BCUT2D eigenvalue weighted by molar-refractivity contribution is 0.579. The first-order chi connectivity index (χ1) is 6.01. The maximum absolute atomic E-state index is 10.8. The second-order valence-corrected chi connectivity index (χ2v) is 5.07. The molecule has 0 spiro atoms. The van der Waals surface area contributed by atoms with Crippen molar-refractivity contribution >= 4 is 9.84 Å². The highest BCUT2D eigenvalue weighted by molar-refractivity contribution is 7.90. The summed E-state index contributed by atoms with van der Waals surface area (Å²) >= 11 is 0. The lowest BCUT2D eigenvalue weighted by atomic mass is 10.5. The van der Waals surface area contributed by atoms with E-state index in [1.807, 2.05) is 0 Å². The van der Waals surface area contributed by atoms with E-state index in [1.165, 1.54) is 10.9 Å². The van der Waals surface area contributed by atoms with E-state index in [0.717, 1.165) is 0 Å². The summed E-state index contributed by atoms with van der Waals surface area (Å²) in [5.74, 6) is 0.0698. The molecule has 0 saturated carbocycles. The molecule has 74 valence electrons. The van der Waals surface area contributed by atoms with Crippen LogP contribution in [0.25, 0.3) is 0 Å². The van der Waals surface area contributed by atoms with Gasteiger partial charge in [-0.25, -0.2) is 8.42 Å². The first-order valence-corrected chi connectivity index (χ1v) is 5.84. The van der Waals surface area contributed by atoms with Gasteiger partial charge in [0.2, 0.25) is 0 Å². The molecule has 0 aromatic carbocycles. The average molecular weight is 204 g/mol. The van der Waals surface area contributed by atoms with Crippen molar-refractivity contribution in [2.75, 3.05) is 12.0 Å². The fraction of sp³-hybridized carbons (Fsp3) is 0.667. The number of hydrogen-bond donors (Lipinski definition) is 1. The van der Waals surface area contributed by atoms with Crippen LogP contribution in [0, 0.1) is 0 Å². The predicted molar refractivity (Wildman–Crippen MR) is 47.6 cm³/mol. The maximum atomic E-state index is 10.8. The summed E-state index contributed by atoms with van der Waals surface area (Å²) in [4.78, 5) is 0. The van der Waals surface area contributed by atoms with Gasteiger partial charge in [0.05, 0.1) is 18.0 Å². The quantitative estimate of drug-likeness (QED) is 0.664. The summed E-state index contributed by atoms with van der Waals surface area (Å²) in [7, 11) is -2.94. The number of hydrogen-bond acceptors (Lipinski definition) is 5. The molecular formula is C6H12N4O2S. The number of aromatic nitrogens is 3. The molecule has 6 nitrogen and oxygen atoms in total. The van der Waals surface area contributed by atoms with Crippen LogP contribution in [0.1, 0.15) is 5.69 Å². The largest absolute Gasteiger partial charge is 0.325 e. The lowest BCUT2D eigenvalue weighted by Gasteiger charge is -1.96. The number of rotatable bonds is 4. The van der Waals surface area contributed by atoms with Crippen LogP contribution in [0.3, 0.4) is 0 Å². The third kappa shape index (κ3) is 3.51. The Labute approximate surface area is 76.7 Å². The van der Waals surface area contributed by atoms with Crippen LogP contribution in [0.15, 0.2) is 6.20 Å². The summed E-state index contributed by atoms with van der Waals surface area (Å²) in [5.41, 5.74) is 5.97. The van der Waals surface area contributed by atoms with Crippen molar-refractivity contribution in [3.05, 3.63) is 11.9 Å². The van der Waals surface area contributed by atoms with Crippen LogP contribution < -0.4 is 5.73 Å². The van der Waals surface area contributed by atoms with E-state index in [9.17, 15) is 8.42 Å². The number of aryl methyl sites for hydroxylation is 1. The van der Waals surface area contributed by atoms with Gasteiger partial charge in [0.15, 0.2) is 0 Å². The molecule has 0 amide bonds. The molecule has 0 aliphatic heterocycles. The van der Waals surface area contributed by atoms with Gasteiger partial charge in [0.1, 0.15) is 9.84 Å². The topological polar surface area (TPSA) is 90.9 Å². The van der Waals surface area contributed by atoms with E-state index < -0.39 is 9.84 Å².